The van der Waals surface area contributed by atoms with Gasteiger partial charge in [-0.25, -0.2) is 28.2 Å². The molecule has 42 heavy (non-hydrogen) atoms. The molecule has 0 bridgehead atoms. The van der Waals surface area contributed by atoms with Crippen LogP contribution in [0.4, 0.5) is 48.3 Å². The second-order valence-electron chi connectivity index (χ2n) is 8.60. The molecule has 10 nitrogen and oxygen atoms in total. The molecule has 0 spiro atoms. The molecule has 4 N–H and O–H groups in total. The number of benzene rings is 2. The van der Waals surface area contributed by atoms with Crippen LogP contribution in [0.1, 0.15) is 11.1 Å². The van der Waals surface area contributed by atoms with E-state index in [4.69, 9.17) is 10.5 Å². The van der Waals surface area contributed by atoms with Gasteiger partial charge in [-0.15, -0.1) is 0 Å². The highest BCUT2D eigenvalue weighted by Crippen LogP contribution is 2.35. The summed E-state index contributed by atoms with van der Waals surface area (Å²) >= 11 is 0. The Morgan fingerprint density at radius 2 is 1.45 bits per heavy atom. The van der Waals surface area contributed by atoms with Gasteiger partial charge in [0, 0.05) is 18.0 Å². The fraction of sp³-hybridized carbons (Fsp3) is 0.120. The molecule has 4 aromatic rings. The van der Waals surface area contributed by atoms with Crippen molar-refractivity contribution in [3.8, 4) is 22.9 Å². The number of hydrogen-bond acceptors (Lipinski definition) is 8. The van der Waals surface area contributed by atoms with Crippen molar-refractivity contribution in [2.45, 2.75) is 17.2 Å². The second-order valence-corrected chi connectivity index (χ2v) is 10.6. The molecule has 0 saturated carbocycles. The minimum absolute atomic E-state index is 0.0236. The topological polar surface area (TPSA) is 149 Å². The first-order chi connectivity index (χ1) is 19.5. The Hall–Kier alpha value is -4.93. The Bertz CT molecular complexity index is 1730. The predicted molar refractivity (Wildman–Crippen MR) is 138 cm³/mol. The van der Waals surface area contributed by atoms with E-state index in [1.165, 1.54) is 24.3 Å². The standard InChI is InChI=1S/C25H18F6N6O4S/c1-42(39,40)20-9-14(24(26,27)28)4-7-19(20)37-22(38)36-16-11-34-23(35-12-16)41-17-5-2-13(3-6-17)18-8-15(25(29,30)31)10-33-21(18)32/h2-12H,1H3,(H2,32,33)(H2,36,37,38). The summed E-state index contributed by atoms with van der Waals surface area (Å²) in [7, 11) is -4.14. The van der Waals surface area contributed by atoms with Gasteiger partial charge in [-0.2, -0.15) is 26.3 Å². The highest BCUT2D eigenvalue weighted by atomic mass is 32.2. The van der Waals surface area contributed by atoms with Crippen molar-refractivity contribution in [2.75, 3.05) is 22.6 Å². The van der Waals surface area contributed by atoms with E-state index in [9.17, 15) is 39.6 Å². The lowest BCUT2D eigenvalue weighted by atomic mass is 10.0. The average molecular weight is 613 g/mol. The fourth-order valence-corrected chi connectivity index (χ4v) is 4.36. The van der Waals surface area contributed by atoms with Crippen molar-refractivity contribution in [1.29, 1.82) is 0 Å². The molecule has 2 aromatic heterocycles. The zero-order chi connectivity index (χ0) is 30.9. The molecule has 0 atom stereocenters. The summed E-state index contributed by atoms with van der Waals surface area (Å²) in [6.07, 6.45) is -5.79. The van der Waals surface area contributed by atoms with Gasteiger partial charge in [0.05, 0.1) is 39.8 Å². The number of alkyl halides is 6. The van der Waals surface area contributed by atoms with Crippen LogP contribution in [0.25, 0.3) is 11.1 Å². The molecule has 0 radical (unpaired) electrons. The van der Waals surface area contributed by atoms with Gasteiger partial charge in [-0.05, 0) is 42.0 Å². The number of amides is 2. The first-order valence-electron chi connectivity index (χ1n) is 11.4. The van der Waals surface area contributed by atoms with Gasteiger partial charge >= 0.3 is 24.4 Å². The number of hydrogen-bond donors (Lipinski definition) is 3. The number of ether oxygens (including phenoxy) is 1. The zero-order valence-corrected chi connectivity index (χ0v) is 21.9. The number of carbonyl (C=O) groups excluding carboxylic acids is 1. The number of nitrogen functional groups attached to an aromatic ring is 1. The van der Waals surface area contributed by atoms with Crippen LogP contribution in [0.3, 0.4) is 0 Å². The Kier molecular flexibility index (Phi) is 7.98. The van der Waals surface area contributed by atoms with Crippen LogP contribution >= 0.6 is 0 Å². The van der Waals surface area contributed by atoms with E-state index >= 15 is 0 Å². The maximum absolute atomic E-state index is 13.0. The third kappa shape index (κ3) is 7.22. The number of urea groups is 1. The lowest BCUT2D eigenvalue weighted by Gasteiger charge is -2.14. The van der Waals surface area contributed by atoms with Crippen molar-refractivity contribution >= 4 is 33.1 Å². The van der Waals surface area contributed by atoms with Crippen LogP contribution < -0.4 is 21.1 Å². The molecular weight excluding hydrogens is 594 g/mol. The first kappa shape index (κ1) is 30.0. The summed E-state index contributed by atoms with van der Waals surface area (Å²) in [5.41, 5.74) is 3.63. The summed E-state index contributed by atoms with van der Waals surface area (Å²) in [5.74, 6) is 0.115. The minimum Gasteiger partial charge on any atom is -0.424 e. The van der Waals surface area contributed by atoms with E-state index in [0.29, 0.717) is 30.1 Å². The number of sulfone groups is 1. The number of pyridine rings is 1. The molecule has 0 saturated heterocycles. The molecule has 220 valence electrons. The molecule has 2 heterocycles. The minimum atomic E-state index is -4.79. The summed E-state index contributed by atoms with van der Waals surface area (Å²) in [5, 5.41) is 4.48. The maximum Gasteiger partial charge on any atom is 0.417 e. The van der Waals surface area contributed by atoms with Gasteiger partial charge in [-0.3, -0.25) is 0 Å². The number of nitrogens with zero attached hydrogens (tertiary/aromatic N) is 3. The van der Waals surface area contributed by atoms with Crippen LogP contribution in [0.5, 0.6) is 11.8 Å². The molecule has 2 amide bonds. The number of anilines is 3. The molecule has 0 aliphatic rings. The van der Waals surface area contributed by atoms with Crippen molar-refractivity contribution in [3.63, 3.8) is 0 Å². The lowest BCUT2D eigenvalue weighted by Crippen LogP contribution is -2.21. The number of aromatic nitrogens is 3. The van der Waals surface area contributed by atoms with Crippen LogP contribution in [-0.4, -0.2) is 35.7 Å². The Labute approximate surface area is 233 Å². The largest absolute Gasteiger partial charge is 0.424 e. The smallest absolute Gasteiger partial charge is 0.417 e. The highest BCUT2D eigenvalue weighted by Gasteiger charge is 2.33. The molecule has 2 aromatic carbocycles. The quantitative estimate of drug-likeness (QED) is 0.225. The van der Waals surface area contributed by atoms with Crippen LogP contribution in [0.2, 0.25) is 0 Å². The molecule has 4 rings (SSSR count). The van der Waals surface area contributed by atoms with Crippen molar-refractivity contribution in [2.24, 2.45) is 0 Å². The summed E-state index contributed by atoms with van der Waals surface area (Å²) < 4.78 is 108. The molecule has 0 aliphatic carbocycles. The zero-order valence-electron chi connectivity index (χ0n) is 21.1. The van der Waals surface area contributed by atoms with E-state index in [0.717, 1.165) is 24.5 Å². The predicted octanol–water partition coefficient (Wildman–Crippen LogP) is 6.00. The number of carbonyl (C=O) groups is 1. The first-order valence-corrected chi connectivity index (χ1v) is 13.3. The van der Waals surface area contributed by atoms with Crippen molar-refractivity contribution in [3.05, 3.63) is 78.2 Å². The van der Waals surface area contributed by atoms with Crippen LogP contribution in [0, 0.1) is 0 Å². The van der Waals surface area contributed by atoms with E-state index in [-0.39, 0.29) is 34.5 Å². The molecule has 0 aliphatic heterocycles. The number of nitrogens with two attached hydrogens (primary N) is 1. The van der Waals surface area contributed by atoms with Gasteiger partial charge in [0.25, 0.3) is 0 Å². The van der Waals surface area contributed by atoms with Gasteiger partial charge < -0.3 is 21.1 Å². The summed E-state index contributed by atoms with van der Waals surface area (Å²) in [6.45, 7) is 0. The number of halogens is 6. The molecule has 17 heteroatoms. The van der Waals surface area contributed by atoms with Crippen molar-refractivity contribution < 1.29 is 44.3 Å². The molecule has 0 unspecified atom stereocenters. The maximum atomic E-state index is 13.0. The lowest BCUT2D eigenvalue weighted by molar-refractivity contribution is -0.138. The van der Waals surface area contributed by atoms with Gasteiger partial charge in [0.1, 0.15) is 11.6 Å². The summed E-state index contributed by atoms with van der Waals surface area (Å²) in [6, 6.07) is 7.34. The van der Waals surface area contributed by atoms with E-state index in [2.05, 4.69) is 25.6 Å². The normalized spacial score (nSPS) is 12.1. The van der Waals surface area contributed by atoms with E-state index < -0.39 is 44.2 Å². The Morgan fingerprint density at radius 1 is 0.833 bits per heavy atom. The van der Waals surface area contributed by atoms with Crippen molar-refractivity contribution in [1.82, 2.24) is 15.0 Å². The Morgan fingerprint density at radius 3 is 2.02 bits per heavy atom. The van der Waals surface area contributed by atoms with Crippen LogP contribution in [-0.2, 0) is 22.2 Å². The van der Waals surface area contributed by atoms with Crippen LogP contribution in [0.15, 0.2) is 72.0 Å². The number of rotatable bonds is 6. The highest BCUT2D eigenvalue weighted by molar-refractivity contribution is 7.90. The van der Waals surface area contributed by atoms with E-state index in [1.807, 2.05) is 0 Å². The summed E-state index contributed by atoms with van der Waals surface area (Å²) in [4.78, 5) is 23.1. The SMILES string of the molecule is CS(=O)(=O)c1cc(C(F)(F)F)ccc1NC(=O)Nc1cnc(Oc2ccc(-c3cc(C(F)(F)F)cnc3N)cc2)nc1. The van der Waals surface area contributed by atoms with Gasteiger partial charge in [0.15, 0.2) is 9.84 Å². The second kappa shape index (κ2) is 11.2. The van der Waals surface area contributed by atoms with E-state index in [1.54, 1.807) is 0 Å². The van der Waals surface area contributed by atoms with Gasteiger partial charge in [0.2, 0.25) is 0 Å². The van der Waals surface area contributed by atoms with Gasteiger partial charge in [-0.1, -0.05) is 12.1 Å². The molecular formula is C25H18F6N6O4S. The number of nitrogens with one attached hydrogen (secondary N) is 2. The Balaban J connectivity index is 1.42. The third-order valence-corrected chi connectivity index (χ3v) is 6.60. The monoisotopic (exact) mass is 612 g/mol. The molecule has 0 fully saturated rings. The third-order valence-electron chi connectivity index (χ3n) is 5.46. The average Bonchev–Trinajstić information content (AvgIpc) is 2.89. The fourth-order valence-electron chi connectivity index (χ4n) is 3.50.